The van der Waals surface area contributed by atoms with Crippen LogP contribution in [0.3, 0.4) is 0 Å². The second-order valence-electron chi connectivity index (χ2n) is 10.8. The first-order valence-electron chi connectivity index (χ1n) is 13.2. The number of carbonyl (C=O) groups excluding carboxylic acids is 2. The van der Waals surface area contributed by atoms with Crippen LogP contribution in [0.25, 0.3) is 16.5 Å². The number of hydrogen-bond acceptors (Lipinski definition) is 6. The second kappa shape index (κ2) is 8.52. The van der Waals surface area contributed by atoms with E-state index in [1.54, 1.807) is 24.7 Å². The number of rotatable bonds is 6. The van der Waals surface area contributed by atoms with Crippen LogP contribution in [0.4, 0.5) is 5.69 Å². The summed E-state index contributed by atoms with van der Waals surface area (Å²) in [6.07, 6.45) is 7.28. The lowest BCUT2D eigenvalue weighted by atomic mass is 9.67. The van der Waals surface area contributed by atoms with E-state index in [-0.39, 0.29) is 11.8 Å². The highest BCUT2D eigenvalue weighted by molar-refractivity contribution is 6.26. The van der Waals surface area contributed by atoms with E-state index in [1.807, 2.05) is 66.2 Å². The Morgan fingerprint density at radius 2 is 1.79 bits per heavy atom. The molecule has 3 aliphatic rings. The van der Waals surface area contributed by atoms with Gasteiger partial charge < -0.3 is 14.0 Å². The molecule has 0 N–H and O–H groups in total. The average molecular weight is 519 g/mol. The normalized spacial score (nSPS) is 27.2. The van der Waals surface area contributed by atoms with Crippen molar-refractivity contribution in [3.05, 3.63) is 84.9 Å². The first kappa shape index (κ1) is 23.6. The highest BCUT2D eigenvalue weighted by Crippen LogP contribution is 2.62. The van der Waals surface area contributed by atoms with Gasteiger partial charge in [-0.25, -0.2) is 9.88 Å². The van der Waals surface area contributed by atoms with Gasteiger partial charge in [-0.1, -0.05) is 24.3 Å². The van der Waals surface area contributed by atoms with Gasteiger partial charge >= 0.3 is 0 Å². The maximum atomic E-state index is 14.0. The van der Waals surface area contributed by atoms with Crippen molar-refractivity contribution < 1.29 is 19.1 Å². The van der Waals surface area contributed by atoms with Gasteiger partial charge in [0.05, 0.1) is 53.3 Å². The summed E-state index contributed by atoms with van der Waals surface area (Å²) in [5.74, 6) is -0.828. The van der Waals surface area contributed by atoms with Gasteiger partial charge in [-0.15, -0.1) is 0 Å². The summed E-state index contributed by atoms with van der Waals surface area (Å²) in [7, 11) is 0. The Labute approximate surface area is 225 Å². The third-order valence-electron chi connectivity index (χ3n) is 8.71. The molecular weight excluding hydrogens is 492 g/mol. The van der Waals surface area contributed by atoms with Crippen LogP contribution >= 0.6 is 0 Å². The third-order valence-corrected chi connectivity index (χ3v) is 8.71. The van der Waals surface area contributed by atoms with Gasteiger partial charge in [0, 0.05) is 35.3 Å². The van der Waals surface area contributed by atoms with Gasteiger partial charge in [0.1, 0.15) is 5.75 Å². The predicted octanol–water partition coefficient (Wildman–Crippen LogP) is 4.79. The number of nitriles is 1. The minimum atomic E-state index is -0.750. The molecule has 3 aliphatic heterocycles. The first-order chi connectivity index (χ1) is 18.9. The van der Waals surface area contributed by atoms with Crippen LogP contribution in [-0.2, 0) is 14.3 Å². The van der Waals surface area contributed by atoms with Crippen LogP contribution in [0.15, 0.2) is 79.4 Å². The van der Waals surface area contributed by atoms with Crippen LogP contribution < -0.4 is 9.64 Å². The molecule has 0 aliphatic carbocycles. The fraction of sp³-hybridized carbons (Fsp3) is 0.290. The lowest BCUT2D eigenvalue weighted by Gasteiger charge is -2.31. The molecule has 4 aromatic rings. The molecule has 3 saturated heterocycles. The van der Waals surface area contributed by atoms with Crippen molar-refractivity contribution in [2.45, 2.75) is 37.4 Å². The average Bonchev–Trinajstić information content (AvgIpc) is 3.71. The van der Waals surface area contributed by atoms with Crippen LogP contribution in [0.5, 0.6) is 5.75 Å². The minimum absolute atomic E-state index is 0.222. The van der Waals surface area contributed by atoms with Crippen molar-refractivity contribution in [3.8, 4) is 17.5 Å². The highest BCUT2D eigenvalue weighted by Gasteiger charge is 2.73. The van der Waals surface area contributed by atoms with Gasteiger partial charge in [-0.3, -0.25) is 9.59 Å². The molecule has 39 heavy (non-hydrogen) atoms. The van der Waals surface area contributed by atoms with Gasteiger partial charge in [0.15, 0.2) is 0 Å². The van der Waals surface area contributed by atoms with Crippen molar-refractivity contribution in [1.82, 2.24) is 9.55 Å². The number of ether oxygens (including phenoxy) is 2. The number of nitrogens with zero attached hydrogens (tertiary/aromatic N) is 4. The van der Waals surface area contributed by atoms with E-state index in [1.165, 1.54) is 4.90 Å². The summed E-state index contributed by atoms with van der Waals surface area (Å²) >= 11 is 0. The second-order valence-corrected chi connectivity index (χ2v) is 10.8. The van der Waals surface area contributed by atoms with E-state index >= 15 is 0 Å². The molecule has 2 bridgehead atoms. The molecule has 1 aromatic heterocycles. The molecule has 0 radical (unpaired) electrons. The quantitative estimate of drug-likeness (QED) is 0.341. The lowest BCUT2D eigenvalue weighted by Crippen LogP contribution is -2.43. The number of hydrogen-bond donors (Lipinski definition) is 0. The molecule has 0 unspecified atom stereocenters. The zero-order valence-electron chi connectivity index (χ0n) is 21.4. The number of imide groups is 1. The van der Waals surface area contributed by atoms with Gasteiger partial charge in [0.25, 0.3) is 0 Å². The van der Waals surface area contributed by atoms with E-state index in [2.05, 4.69) is 11.1 Å². The zero-order chi connectivity index (χ0) is 26.8. The first-order valence-corrected chi connectivity index (χ1v) is 13.2. The topological polar surface area (TPSA) is 97.4 Å². The standard InChI is InChI=1S/C31H26N4O4/c1-30-12-13-31(39-30,14-17-38-22-9-7-21(8-10-22)34-16-15-33-19-34)27-26(30)28(36)35(29(27)37)25-11-6-20(18-32)23-4-2-3-5-24(23)25/h2-11,15-16,19,26-27H,12-14,17H2,1H3/t26-,27+,30-,31-/m1/s1. The van der Waals surface area contributed by atoms with E-state index < -0.39 is 23.0 Å². The summed E-state index contributed by atoms with van der Waals surface area (Å²) < 4.78 is 14.6. The molecule has 194 valence electrons. The van der Waals surface area contributed by atoms with E-state index in [9.17, 15) is 14.9 Å². The smallest absolute Gasteiger partial charge is 0.240 e. The summed E-state index contributed by atoms with van der Waals surface area (Å²) in [6, 6.07) is 20.8. The molecule has 8 heteroatoms. The molecule has 0 saturated carbocycles. The lowest BCUT2D eigenvalue weighted by molar-refractivity contribution is -0.131. The van der Waals surface area contributed by atoms with Crippen molar-refractivity contribution in [3.63, 3.8) is 0 Å². The number of fused-ring (bicyclic) bond motifs is 6. The van der Waals surface area contributed by atoms with Crippen LogP contribution in [-0.4, -0.2) is 39.2 Å². The summed E-state index contributed by atoms with van der Waals surface area (Å²) in [6.45, 7) is 2.33. The number of anilines is 1. The number of benzene rings is 3. The third kappa shape index (κ3) is 3.43. The Morgan fingerprint density at radius 3 is 2.54 bits per heavy atom. The number of amides is 2. The van der Waals surface area contributed by atoms with Crippen molar-refractivity contribution in [2.75, 3.05) is 11.5 Å². The van der Waals surface area contributed by atoms with Crippen LogP contribution in [0.2, 0.25) is 0 Å². The molecule has 8 nitrogen and oxygen atoms in total. The van der Waals surface area contributed by atoms with Crippen molar-refractivity contribution in [1.29, 1.82) is 5.26 Å². The molecule has 7 rings (SSSR count). The Morgan fingerprint density at radius 1 is 1.03 bits per heavy atom. The highest BCUT2D eigenvalue weighted by atomic mass is 16.5. The minimum Gasteiger partial charge on any atom is -0.493 e. The molecular formula is C31H26N4O4. The molecule has 4 atom stereocenters. The molecule has 4 heterocycles. The fourth-order valence-electron chi connectivity index (χ4n) is 6.89. The van der Waals surface area contributed by atoms with Crippen LogP contribution in [0.1, 0.15) is 31.7 Å². The van der Waals surface area contributed by atoms with Gasteiger partial charge in [-0.2, -0.15) is 5.26 Å². The molecule has 0 spiro atoms. The van der Waals surface area contributed by atoms with E-state index in [0.717, 1.165) is 23.2 Å². The van der Waals surface area contributed by atoms with Gasteiger partial charge in [0.2, 0.25) is 11.8 Å². The molecule has 3 aromatic carbocycles. The largest absolute Gasteiger partial charge is 0.493 e. The summed E-state index contributed by atoms with van der Waals surface area (Å²) in [4.78, 5) is 33.3. The SMILES string of the molecule is C[C@]12CC[C@](CCOc3ccc(-n4ccnc4)cc3)(O1)[C@@H]1C(=O)N(c3ccc(C#N)c4ccccc34)C(=O)[C@@H]12. The monoisotopic (exact) mass is 518 g/mol. The van der Waals surface area contributed by atoms with Crippen molar-refractivity contribution >= 4 is 28.3 Å². The van der Waals surface area contributed by atoms with E-state index in [4.69, 9.17) is 9.47 Å². The Kier molecular flexibility index (Phi) is 5.16. The predicted molar refractivity (Wildman–Crippen MR) is 143 cm³/mol. The van der Waals surface area contributed by atoms with Crippen molar-refractivity contribution in [2.24, 2.45) is 11.8 Å². The summed E-state index contributed by atoms with van der Waals surface area (Å²) in [5.41, 5.74) is 0.579. The van der Waals surface area contributed by atoms with Gasteiger partial charge in [-0.05, 0) is 56.2 Å². The zero-order valence-corrected chi connectivity index (χ0v) is 21.4. The molecule has 3 fully saturated rings. The number of imidazole rings is 1. The van der Waals surface area contributed by atoms with E-state index in [0.29, 0.717) is 36.1 Å². The molecule has 2 amide bonds. The maximum Gasteiger partial charge on any atom is 0.240 e. The Balaban J connectivity index is 1.15. The van der Waals surface area contributed by atoms with Crippen LogP contribution in [0, 0.1) is 23.2 Å². The Bertz CT molecular complexity index is 1660. The Hall–Kier alpha value is -4.48. The summed E-state index contributed by atoms with van der Waals surface area (Å²) in [5, 5.41) is 11.0. The maximum absolute atomic E-state index is 14.0. The number of aromatic nitrogens is 2. The fourth-order valence-corrected chi connectivity index (χ4v) is 6.89. The number of carbonyl (C=O) groups is 2.